The van der Waals surface area contributed by atoms with Crippen LogP contribution >= 0.6 is 0 Å². The van der Waals surface area contributed by atoms with E-state index in [-0.39, 0.29) is 17.5 Å². The van der Waals surface area contributed by atoms with E-state index in [0.29, 0.717) is 6.42 Å². The average Bonchev–Trinajstić information content (AvgIpc) is 2.86. The number of pyridine rings is 1. The number of carbonyl (C=O) groups excluding carboxylic acids is 1. The Kier molecular flexibility index (Phi) is 3.61. The SMILES string of the molecule is O=C(O)[C@@H]1C[C@H]2CCCC[C@H]2N1C(=O)c1ccncc1F. The van der Waals surface area contributed by atoms with E-state index in [1.54, 1.807) is 0 Å². The molecule has 1 saturated heterocycles. The van der Waals surface area contributed by atoms with Crippen LogP contribution in [0.3, 0.4) is 0 Å². The van der Waals surface area contributed by atoms with Gasteiger partial charge in [0.25, 0.3) is 5.91 Å². The molecule has 1 N–H and O–H groups in total. The maximum atomic E-state index is 13.8. The Labute approximate surface area is 121 Å². The molecule has 21 heavy (non-hydrogen) atoms. The Morgan fingerprint density at radius 2 is 2.10 bits per heavy atom. The van der Waals surface area contributed by atoms with E-state index in [1.165, 1.54) is 17.2 Å². The molecule has 0 radical (unpaired) electrons. The fourth-order valence-electron chi connectivity index (χ4n) is 3.66. The van der Waals surface area contributed by atoms with Crippen LogP contribution in [0.1, 0.15) is 42.5 Å². The summed E-state index contributed by atoms with van der Waals surface area (Å²) < 4.78 is 13.8. The first-order valence-electron chi connectivity index (χ1n) is 7.24. The largest absolute Gasteiger partial charge is 0.480 e. The number of likely N-dealkylation sites (tertiary alicyclic amines) is 1. The van der Waals surface area contributed by atoms with Gasteiger partial charge in [-0.25, -0.2) is 9.18 Å². The molecular formula is C15H17FN2O3. The van der Waals surface area contributed by atoms with Crippen molar-refractivity contribution in [2.45, 2.75) is 44.2 Å². The van der Waals surface area contributed by atoms with Crippen molar-refractivity contribution in [3.05, 3.63) is 29.8 Å². The Balaban J connectivity index is 1.95. The summed E-state index contributed by atoms with van der Waals surface area (Å²) >= 11 is 0. The molecule has 0 spiro atoms. The second kappa shape index (κ2) is 5.42. The Hall–Kier alpha value is -1.98. The molecule has 112 valence electrons. The van der Waals surface area contributed by atoms with Crippen LogP contribution in [0.15, 0.2) is 18.5 Å². The smallest absolute Gasteiger partial charge is 0.326 e. The van der Waals surface area contributed by atoms with E-state index in [4.69, 9.17) is 0 Å². The van der Waals surface area contributed by atoms with Crippen LogP contribution in [0.25, 0.3) is 0 Å². The lowest BCUT2D eigenvalue weighted by molar-refractivity contribution is -0.141. The number of hydrogen-bond acceptors (Lipinski definition) is 3. The normalized spacial score (nSPS) is 28.2. The molecule has 1 aromatic heterocycles. The quantitative estimate of drug-likeness (QED) is 0.906. The highest BCUT2D eigenvalue weighted by Crippen LogP contribution is 2.40. The second-order valence-electron chi connectivity index (χ2n) is 5.77. The number of rotatable bonds is 2. The lowest BCUT2D eigenvalue weighted by Gasteiger charge is -2.33. The monoisotopic (exact) mass is 292 g/mol. The zero-order chi connectivity index (χ0) is 15.0. The van der Waals surface area contributed by atoms with Gasteiger partial charge >= 0.3 is 5.97 Å². The van der Waals surface area contributed by atoms with Gasteiger partial charge in [-0.3, -0.25) is 9.78 Å². The van der Waals surface area contributed by atoms with Gasteiger partial charge in [-0.1, -0.05) is 12.8 Å². The third kappa shape index (κ3) is 2.39. The summed E-state index contributed by atoms with van der Waals surface area (Å²) in [6.07, 6.45) is 6.59. The van der Waals surface area contributed by atoms with Crippen molar-refractivity contribution in [3.63, 3.8) is 0 Å². The first-order chi connectivity index (χ1) is 10.1. The van der Waals surface area contributed by atoms with E-state index < -0.39 is 23.7 Å². The van der Waals surface area contributed by atoms with Gasteiger partial charge in [-0.15, -0.1) is 0 Å². The van der Waals surface area contributed by atoms with Crippen LogP contribution in [-0.2, 0) is 4.79 Å². The number of carbonyl (C=O) groups is 2. The summed E-state index contributed by atoms with van der Waals surface area (Å²) in [4.78, 5) is 29.1. The summed E-state index contributed by atoms with van der Waals surface area (Å²) in [7, 11) is 0. The van der Waals surface area contributed by atoms with E-state index in [9.17, 15) is 19.1 Å². The van der Waals surface area contributed by atoms with Crippen LogP contribution in [0.2, 0.25) is 0 Å². The summed E-state index contributed by atoms with van der Waals surface area (Å²) in [5.41, 5.74) is -0.0949. The summed E-state index contributed by atoms with van der Waals surface area (Å²) in [5, 5.41) is 9.40. The third-order valence-corrected chi connectivity index (χ3v) is 4.61. The second-order valence-corrected chi connectivity index (χ2v) is 5.77. The fraction of sp³-hybridized carbons (Fsp3) is 0.533. The van der Waals surface area contributed by atoms with Crippen LogP contribution < -0.4 is 0 Å². The van der Waals surface area contributed by atoms with Crippen molar-refractivity contribution in [2.24, 2.45) is 5.92 Å². The summed E-state index contributed by atoms with van der Waals surface area (Å²) in [5.74, 6) is -2.02. The van der Waals surface area contributed by atoms with E-state index in [2.05, 4.69) is 4.98 Å². The molecule has 6 heteroatoms. The van der Waals surface area contributed by atoms with Gasteiger partial charge in [0.15, 0.2) is 5.82 Å². The Bertz CT molecular complexity index is 578. The molecule has 0 aromatic carbocycles. The predicted molar refractivity (Wildman–Crippen MR) is 72.2 cm³/mol. The van der Waals surface area contributed by atoms with Crippen molar-refractivity contribution in [1.82, 2.24) is 9.88 Å². The third-order valence-electron chi connectivity index (χ3n) is 4.61. The highest BCUT2D eigenvalue weighted by atomic mass is 19.1. The first kappa shape index (κ1) is 14.0. The van der Waals surface area contributed by atoms with Crippen molar-refractivity contribution in [3.8, 4) is 0 Å². The molecule has 2 aliphatic rings. The molecule has 1 saturated carbocycles. The molecule has 0 bridgehead atoms. The Morgan fingerprint density at radius 3 is 2.81 bits per heavy atom. The predicted octanol–water partition coefficient (Wildman–Crippen LogP) is 2.08. The number of aliphatic carboxylic acids is 1. The minimum atomic E-state index is -1.01. The lowest BCUT2D eigenvalue weighted by atomic mass is 9.84. The molecule has 1 aromatic rings. The van der Waals surface area contributed by atoms with Crippen LogP contribution in [0.4, 0.5) is 4.39 Å². The number of carboxylic acid groups (broad SMARTS) is 1. The molecule has 0 unspecified atom stereocenters. The molecule has 2 fully saturated rings. The topological polar surface area (TPSA) is 70.5 Å². The van der Waals surface area contributed by atoms with Crippen molar-refractivity contribution in [1.29, 1.82) is 0 Å². The zero-order valence-corrected chi connectivity index (χ0v) is 11.5. The van der Waals surface area contributed by atoms with Gasteiger partial charge in [0.1, 0.15) is 6.04 Å². The average molecular weight is 292 g/mol. The number of nitrogens with zero attached hydrogens (tertiary/aromatic N) is 2. The number of hydrogen-bond donors (Lipinski definition) is 1. The number of amides is 1. The fourth-order valence-corrected chi connectivity index (χ4v) is 3.66. The van der Waals surface area contributed by atoms with Crippen LogP contribution in [0, 0.1) is 11.7 Å². The molecule has 3 atom stereocenters. The van der Waals surface area contributed by atoms with Crippen LogP contribution in [0.5, 0.6) is 0 Å². The van der Waals surface area contributed by atoms with Crippen molar-refractivity contribution < 1.29 is 19.1 Å². The number of fused-ring (bicyclic) bond motifs is 1. The molecule has 2 heterocycles. The Morgan fingerprint density at radius 1 is 1.33 bits per heavy atom. The minimum Gasteiger partial charge on any atom is -0.480 e. The van der Waals surface area contributed by atoms with Crippen LogP contribution in [-0.4, -0.2) is 39.0 Å². The summed E-state index contributed by atoms with van der Waals surface area (Å²) in [6.45, 7) is 0. The zero-order valence-electron chi connectivity index (χ0n) is 11.5. The highest BCUT2D eigenvalue weighted by Gasteiger charge is 2.48. The lowest BCUT2D eigenvalue weighted by Crippen LogP contribution is -2.46. The van der Waals surface area contributed by atoms with E-state index in [0.717, 1.165) is 31.9 Å². The minimum absolute atomic E-state index is 0.0834. The molecule has 5 nitrogen and oxygen atoms in total. The van der Waals surface area contributed by atoms with Gasteiger partial charge in [0.2, 0.25) is 0 Å². The van der Waals surface area contributed by atoms with E-state index >= 15 is 0 Å². The van der Waals surface area contributed by atoms with Gasteiger partial charge in [-0.05, 0) is 31.2 Å². The van der Waals surface area contributed by atoms with Gasteiger partial charge in [-0.2, -0.15) is 0 Å². The number of aromatic nitrogens is 1. The molecular weight excluding hydrogens is 275 g/mol. The van der Waals surface area contributed by atoms with Gasteiger partial charge in [0.05, 0.1) is 11.8 Å². The molecule has 1 aliphatic carbocycles. The number of halogens is 1. The summed E-state index contributed by atoms with van der Waals surface area (Å²) in [6, 6.07) is 0.380. The van der Waals surface area contributed by atoms with Crippen molar-refractivity contribution >= 4 is 11.9 Å². The number of carboxylic acids is 1. The van der Waals surface area contributed by atoms with E-state index in [1.807, 2.05) is 0 Å². The molecule has 3 rings (SSSR count). The van der Waals surface area contributed by atoms with Crippen molar-refractivity contribution in [2.75, 3.05) is 0 Å². The molecule has 1 aliphatic heterocycles. The highest BCUT2D eigenvalue weighted by molar-refractivity contribution is 5.97. The standard InChI is InChI=1S/C15H17FN2O3/c16-11-8-17-6-5-10(11)14(19)18-12-4-2-1-3-9(12)7-13(18)15(20)21/h5-6,8-9,12-13H,1-4,7H2,(H,20,21)/t9-,12-,13+/m1/s1. The van der Waals surface area contributed by atoms with Gasteiger partial charge < -0.3 is 10.0 Å². The first-order valence-corrected chi connectivity index (χ1v) is 7.24. The molecule has 1 amide bonds. The van der Waals surface area contributed by atoms with Gasteiger partial charge in [0, 0.05) is 12.2 Å². The maximum absolute atomic E-state index is 13.8. The maximum Gasteiger partial charge on any atom is 0.326 e.